The van der Waals surface area contributed by atoms with Gasteiger partial charge >= 0.3 is 6.18 Å². The molecule has 0 aromatic heterocycles. The first-order chi connectivity index (χ1) is 8.90. The van der Waals surface area contributed by atoms with Crippen molar-refractivity contribution < 1.29 is 18.0 Å². The van der Waals surface area contributed by atoms with Crippen molar-refractivity contribution in [2.75, 3.05) is 6.54 Å². The van der Waals surface area contributed by atoms with Crippen LogP contribution >= 0.6 is 15.9 Å². The van der Waals surface area contributed by atoms with Crippen molar-refractivity contribution in [1.29, 1.82) is 0 Å². The molecule has 1 aliphatic carbocycles. The first kappa shape index (κ1) is 14.4. The topological polar surface area (TPSA) is 20.3 Å². The van der Waals surface area contributed by atoms with Crippen LogP contribution in [0.25, 0.3) is 0 Å². The quantitative estimate of drug-likeness (QED) is 0.767. The van der Waals surface area contributed by atoms with E-state index in [9.17, 15) is 18.0 Å². The molecule has 2 rings (SSSR count). The second-order valence-electron chi connectivity index (χ2n) is 4.61. The summed E-state index contributed by atoms with van der Waals surface area (Å²) in [5.41, 5.74) is 1.28. The molecule has 0 aliphatic heterocycles. The Labute approximate surface area is 117 Å². The van der Waals surface area contributed by atoms with E-state index in [2.05, 4.69) is 15.9 Å². The Morgan fingerprint density at radius 2 is 1.84 bits per heavy atom. The lowest BCUT2D eigenvalue weighted by Crippen LogP contribution is -2.40. The zero-order valence-electron chi connectivity index (χ0n) is 10.1. The summed E-state index contributed by atoms with van der Waals surface area (Å²) < 4.78 is 37.5. The van der Waals surface area contributed by atoms with Gasteiger partial charge in [-0.3, -0.25) is 4.79 Å². The van der Waals surface area contributed by atoms with E-state index in [1.165, 1.54) is 0 Å². The fourth-order valence-corrected chi connectivity index (χ4v) is 2.22. The highest BCUT2D eigenvalue weighted by Crippen LogP contribution is 2.31. The molecule has 6 heteroatoms. The molecule has 0 bridgehead atoms. The zero-order chi connectivity index (χ0) is 14.0. The summed E-state index contributed by atoms with van der Waals surface area (Å²) in [6, 6.07) is 6.36. The van der Waals surface area contributed by atoms with Gasteiger partial charge in [0.15, 0.2) is 0 Å². The molecular formula is C13H13BrF3NO. The van der Waals surface area contributed by atoms with Gasteiger partial charge in [-0.15, -0.1) is 0 Å². The molecule has 19 heavy (non-hydrogen) atoms. The number of carbonyl (C=O) groups is 1. The Morgan fingerprint density at radius 1 is 1.26 bits per heavy atom. The third-order valence-electron chi connectivity index (χ3n) is 2.95. The van der Waals surface area contributed by atoms with E-state index in [4.69, 9.17) is 0 Å². The number of nitrogens with zero attached hydrogens (tertiary/aromatic N) is 1. The molecule has 1 aromatic rings. The first-order valence-corrected chi connectivity index (χ1v) is 7.05. The van der Waals surface area contributed by atoms with Crippen LogP contribution in [0.2, 0.25) is 0 Å². The lowest BCUT2D eigenvalue weighted by atomic mass is 10.1. The number of hydrogen-bond acceptors (Lipinski definition) is 1. The molecule has 0 unspecified atom stereocenters. The summed E-state index contributed by atoms with van der Waals surface area (Å²) in [5.74, 6) is -0.541. The van der Waals surface area contributed by atoms with Gasteiger partial charge in [0.1, 0.15) is 6.54 Å². The molecule has 0 N–H and O–H groups in total. The van der Waals surface area contributed by atoms with Gasteiger partial charge in [0, 0.05) is 16.9 Å². The molecular weight excluding hydrogens is 323 g/mol. The minimum Gasteiger partial charge on any atom is -0.327 e. The molecule has 1 aliphatic rings. The van der Waals surface area contributed by atoms with Crippen LogP contribution in [0.15, 0.2) is 24.3 Å². The van der Waals surface area contributed by atoms with Crippen molar-refractivity contribution in [3.05, 3.63) is 35.4 Å². The maximum Gasteiger partial charge on any atom is 0.406 e. The molecule has 2 nitrogen and oxygen atoms in total. The van der Waals surface area contributed by atoms with Crippen molar-refractivity contribution in [3.63, 3.8) is 0 Å². The maximum atomic E-state index is 12.5. The van der Waals surface area contributed by atoms with Gasteiger partial charge in [0.25, 0.3) is 5.91 Å². The van der Waals surface area contributed by atoms with E-state index in [0.29, 0.717) is 23.7 Å². The van der Waals surface area contributed by atoms with E-state index in [-0.39, 0.29) is 6.04 Å². The van der Waals surface area contributed by atoms with Gasteiger partial charge in [0.2, 0.25) is 0 Å². The fraction of sp³-hybridized carbons (Fsp3) is 0.462. The molecule has 104 valence electrons. The Bertz CT molecular complexity index is 454. The first-order valence-electron chi connectivity index (χ1n) is 5.93. The van der Waals surface area contributed by atoms with Gasteiger partial charge in [-0.25, -0.2) is 0 Å². The van der Waals surface area contributed by atoms with Crippen LogP contribution in [0, 0.1) is 0 Å². The third kappa shape index (κ3) is 3.96. The second kappa shape index (κ2) is 5.53. The molecule has 1 amide bonds. The van der Waals surface area contributed by atoms with Gasteiger partial charge in [-0.2, -0.15) is 13.2 Å². The third-order valence-corrected chi connectivity index (χ3v) is 3.60. The lowest BCUT2D eigenvalue weighted by Gasteiger charge is -2.23. The number of amides is 1. The number of carbonyl (C=O) groups excluding carboxylic acids is 1. The highest BCUT2D eigenvalue weighted by Gasteiger charge is 2.40. The summed E-state index contributed by atoms with van der Waals surface area (Å²) in [7, 11) is 0. The number of rotatable bonds is 4. The van der Waals surface area contributed by atoms with Crippen molar-refractivity contribution in [1.82, 2.24) is 4.90 Å². The maximum absolute atomic E-state index is 12.5. The summed E-state index contributed by atoms with van der Waals surface area (Å²) in [6.07, 6.45) is -3.04. The van der Waals surface area contributed by atoms with Crippen LogP contribution in [-0.4, -0.2) is 29.6 Å². The second-order valence-corrected chi connectivity index (χ2v) is 5.17. The summed E-state index contributed by atoms with van der Waals surface area (Å²) >= 11 is 3.28. The Hall–Kier alpha value is -1.04. The number of halogens is 4. The molecule has 1 saturated carbocycles. The predicted octanol–water partition coefficient (Wildman–Crippen LogP) is 3.75. The summed E-state index contributed by atoms with van der Waals surface area (Å²) in [4.78, 5) is 13.1. The summed E-state index contributed by atoms with van der Waals surface area (Å²) in [5, 5.41) is 0.649. The largest absolute Gasteiger partial charge is 0.406 e. The molecule has 0 atom stereocenters. The average molecular weight is 336 g/mol. The molecule has 0 spiro atoms. The van der Waals surface area contributed by atoms with Crippen LogP contribution in [0.5, 0.6) is 0 Å². The van der Waals surface area contributed by atoms with Gasteiger partial charge < -0.3 is 4.90 Å². The van der Waals surface area contributed by atoms with E-state index in [1.807, 2.05) is 0 Å². The summed E-state index contributed by atoms with van der Waals surface area (Å²) in [6.45, 7) is -1.17. The van der Waals surface area contributed by atoms with Crippen LogP contribution in [-0.2, 0) is 5.33 Å². The van der Waals surface area contributed by atoms with E-state index >= 15 is 0 Å². The van der Waals surface area contributed by atoms with Crippen molar-refractivity contribution in [2.45, 2.75) is 30.4 Å². The average Bonchev–Trinajstić information content (AvgIpc) is 3.18. The predicted molar refractivity (Wildman–Crippen MR) is 69.2 cm³/mol. The van der Waals surface area contributed by atoms with E-state index in [1.54, 1.807) is 24.3 Å². The van der Waals surface area contributed by atoms with E-state index < -0.39 is 18.6 Å². The van der Waals surface area contributed by atoms with Crippen LogP contribution in [0.4, 0.5) is 13.2 Å². The molecule has 0 saturated heterocycles. The minimum atomic E-state index is -4.35. The highest BCUT2D eigenvalue weighted by molar-refractivity contribution is 9.08. The smallest absolute Gasteiger partial charge is 0.327 e. The van der Waals surface area contributed by atoms with Crippen LogP contribution < -0.4 is 0 Å². The van der Waals surface area contributed by atoms with Crippen LogP contribution in [0.1, 0.15) is 28.8 Å². The Balaban J connectivity index is 2.14. The molecule has 1 fully saturated rings. The number of alkyl halides is 4. The minimum absolute atomic E-state index is 0.259. The standard InChI is InChI=1S/C13H13BrF3NO/c14-7-9-1-3-10(4-2-9)12(19)18(11-5-6-11)8-13(15,16)17/h1-4,11H,5-8H2. The monoisotopic (exact) mass is 335 g/mol. The van der Waals surface area contributed by atoms with Gasteiger partial charge in [0.05, 0.1) is 0 Å². The Kier molecular flexibility index (Phi) is 4.18. The zero-order valence-corrected chi connectivity index (χ0v) is 11.7. The van der Waals surface area contributed by atoms with Crippen LogP contribution in [0.3, 0.4) is 0 Å². The molecule has 1 aromatic carbocycles. The molecule has 0 radical (unpaired) electrons. The van der Waals surface area contributed by atoms with Gasteiger partial charge in [-0.1, -0.05) is 28.1 Å². The number of benzene rings is 1. The normalized spacial score (nSPS) is 15.4. The lowest BCUT2D eigenvalue weighted by molar-refractivity contribution is -0.141. The Morgan fingerprint density at radius 3 is 2.26 bits per heavy atom. The fourth-order valence-electron chi connectivity index (χ4n) is 1.85. The van der Waals surface area contributed by atoms with Crippen molar-refractivity contribution in [2.24, 2.45) is 0 Å². The van der Waals surface area contributed by atoms with Crippen molar-refractivity contribution >= 4 is 21.8 Å². The number of hydrogen-bond donors (Lipinski definition) is 0. The SMILES string of the molecule is O=C(c1ccc(CBr)cc1)N(CC(F)(F)F)C1CC1. The van der Waals surface area contributed by atoms with Gasteiger partial charge in [-0.05, 0) is 30.5 Å². The van der Waals surface area contributed by atoms with Crippen molar-refractivity contribution in [3.8, 4) is 0 Å². The van der Waals surface area contributed by atoms with E-state index in [0.717, 1.165) is 10.5 Å². The highest BCUT2D eigenvalue weighted by atomic mass is 79.9. The molecule has 0 heterocycles.